The number of nitrogens with zero attached hydrogens (tertiary/aromatic N) is 1. The Labute approximate surface area is 171 Å². The van der Waals surface area contributed by atoms with Crippen molar-refractivity contribution in [2.45, 2.75) is 79.1 Å². The van der Waals surface area contributed by atoms with Gasteiger partial charge in [0.1, 0.15) is 0 Å². The molecule has 0 saturated carbocycles. The summed E-state index contributed by atoms with van der Waals surface area (Å²) in [5.41, 5.74) is 13.4. The third kappa shape index (κ3) is 4.24. The van der Waals surface area contributed by atoms with Crippen molar-refractivity contribution in [3.05, 3.63) is 58.7 Å². The van der Waals surface area contributed by atoms with Gasteiger partial charge in [0.15, 0.2) is 5.96 Å². The lowest BCUT2D eigenvalue weighted by Gasteiger charge is -2.34. The summed E-state index contributed by atoms with van der Waals surface area (Å²) in [6.45, 7) is 17.7. The first-order valence-corrected chi connectivity index (χ1v) is 10.5. The van der Waals surface area contributed by atoms with Gasteiger partial charge in [0.2, 0.25) is 0 Å². The van der Waals surface area contributed by atoms with Gasteiger partial charge in [0, 0.05) is 0 Å². The van der Waals surface area contributed by atoms with E-state index in [-0.39, 0.29) is 5.96 Å². The van der Waals surface area contributed by atoms with Crippen LogP contribution in [0, 0.1) is 5.41 Å². The molecule has 2 aromatic carbocycles. The van der Waals surface area contributed by atoms with E-state index in [0.29, 0.717) is 23.7 Å². The highest BCUT2D eigenvalue weighted by Crippen LogP contribution is 2.44. The lowest BCUT2D eigenvalue weighted by molar-refractivity contribution is 0.816. The van der Waals surface area contributed by atoms with Crippen LogP contribution in [0.2, 0.25) is 0 Å². The molecule has 0 aromatic heterocycles. The van der Waals surface area contributed by atoms with Crippen molar-refractivity contribution in [1.29, 1.82) is 5.41 Å². The highest BCUT2D eigenvalue weighted by molar-refractivity contribution is 6.03. The standard InChI is InChI=1S/C25H37N3/c1-15(2)19-11-9-12-20(16(3)4)23(19)28(25(26)27)24-21(17(5)6)13-10-14-22(24)18(7)8/h9-18H,1-8H3,(H3,26,27). The summed E-state index contributed by atoms with van der Waals surface area (Å²) in [6, 6.07) is 13.0. The van der Waals surface area contributed by atoms with Crippen LogP contribution in [0.25, 0.3) is 0 Å². The minimum Gasteiger partial charge on any atom is -0.369 e. The van der Waals surface area contributed by atoms with Gasteiger partial charge in [-0.15, -0.1) is 0 Å². The number of nitrogens with two attached hydrogens (primary N) is 1. The minimum absolute atomic E-state index is 0.0741. The molecule has 2 rings (SSSR count). The van der Waals surface area contributed by atoms with Crippen molar-refractivity contribution >= 4 is 17.3 Å². The molecule has 3 heteroatoms. The van der Waals surface area contributed by atoms with Crippen molar-refractivity contribution in [3.63, 3.8) is 0 Å². The number of hydrogen-bond donors (Lipinski definition) is 2. The predicted molar refractivity (Wildman–Crippen MR) is 123 cm³/mol. The largest absolute Gasteiger partial charge is 0.369 e. The first-order chi connectivity index (χ1) is 13.1. The summed E-state index contributed by atoms with van der Waals surface area (Å²) in [6.07, 6.45) is 0. The van der Waals surface area contributed by atoms with E-state index in [9.17, 15) is 0 Å². The van der Waals surface area contributed by atoms with Gasteiger partial charge in [-0.05, 0) is 45.9 Å². The SMILES string of the molecule is CC(C)c1cccc(C(C)C)c1N(C(=N)N)c1c(C(C)C)cccc1C(C)C. The van der Waals surface area contributed by atoms with Crippen molar-refractivity contribution in [1.82, 2.24) is 0 Å². The molecule has 0 aliphatic carbocycles. The Hall–Kier alpha value is -2.29. The molecule has 2 aromatic rings. The molecule has 0 heterocycles. The second-order valence-electron chi connectivity index (χ2n) is 8.91. The summed E-state index contributed by atoms with van der Waals surface area (Å²) in [5, 5.41) is 8.58. The molecule has 3 nitrogen and oxygen atoms in total. The number of nitrogens with one attached hydrogen (secondary N) is 1. The molecule has 28 heavy (non-hydrogen) atoms. The van der Waals surface area contributed by atoms with Crippen molar-refractivity contribution < 1.29 is 0 Å². The molecule has 0 aliphatic heterocycles. The quantitative estimate of drug-likeness (QED) is 0.411. The Morgan fingerprint density at radius 1 is 0.643 bits per heavy atom. The van der Waals surface area contributed by atoms with Crippen LogP contribution in [0.1, 0.15) is 101 Å². The van der Waals surface area contributed by atoms with E-state index in [4.69, 9.17) is 11.1 Å². The molecule has 152 valence electrons. The number of hydrogen-bond acceptors (Lipinski definition) is 1. The molecule has 0 aliphatic rings. The maximum absolute atomic E-state index is 8.58. The van der Waals surface area contributed by atoms with Gasteiger partial charge in [-0.25, -0.2) is 0 Å². The molecule has 0 atom stereocenters. The second-order valence-corrected chi connectivity index (χ2v) is 8.91. The van der Waals surface area contributed by atoms with Gasteiger partial charge in [0.05, 0.1) is 11.4 Å². The molecule has 0 unspecified atom stereocenters. The molecule has 3 N–H and O–H groups in total. The molecule has 0 spiro atoms. The van der Waals surface area contributed by atoms with Crippen molar-refractivity contribution in [3.8, 4) is 0 Å². The Morgan fingerprint density at radius 2 is 0.893 bits per heavy atom. The lowest BCUT2D eigenvalue weighted by Crippen LogP contribution is -2.35. The average Bonchev–Trinajstić information content (AvgIpc) is 2.61. The zero-order chi connectivity index (χ0) is 21.2. The number of anilines is 2. The lowest BCUT2D eigenvalue weighted by atomic mass is 9.88. The van der Waals surface area contributed by atoms with Crippen LogP contribution in [0.3, 0.4) is 0 Å². The summed E-state index contributed by atoms with van der Waals surface area (Å²) < 4.78 is 0. The van der Waals surface area contributed by atoms with Crippen LogP contribution < -0.4 is 10.6 Å². The van der Waals surface area contributed by atoms with E-state index in [1.54, 1.807) is 0 Å². The minimum atomic E-state index is 0.0741. The normalized spacial score (nSPS) is 11.7. The van der Waals surface area contributed by atoms with E-state index in [1.807, 2.05) is 4.90 Å². The van der Waals surface area contributed by atoms with Gasteiger partial charge in [-0.3, -0.25) is 10.3 Å². The zero-order valence-corrected chi connectivity index (χ0v) is 18.8. The smallest absolute Gasteiger partial charge is 0.197 e. The van der Waals surface area contributed by atoms with E-state index in [1.165, 1.54) is 22.3 Å². The summed E-state index contributed by atoms with van der Waals surface area (Å²) in [4.78, 5) is 2.01. The number of para-hydroxylation sites is 2. The van der Waals surface area contributed by atoms with Crippen LogP contribution in [0.15, 0.2) is 36.4 Å². The van der Waals surface area contributed by atoms with E-state index in [2.05, 4.69) is 91.8 Å². The Balaban J connectivity index is 2.96. The van der Waals surface area contributed by atoms with Gasteiger partial charge >= 0.3 is 0 Å². The first-order valence-electron chi connectivity index (χ1n) is 10.5. The number of guanidine groups is 1. The van der Waals surface area contributed by atoms with Crippen LogP contribution in [0.5, 0.6) is 0 Å². The third-order valence-corrected chi connectivity index (χ3v) is 5.37. The van der Waals surface area contributed by atoms with Gasteiger partial charge in [0.25, 0.3) is 0 Å². The van der Waals surface area contributed by atoms with Crippen LogP contribution in [-0.2, 0) is 0 Å². The Morgan fingerprint density at radius 3 is 1.07 bits per heavy atom. The van der Waals surface area contributed by atoms with Crippen LogP contribution in [0.4, 0.5) is 11.4 Å². The molecular weight excluding hydrogens is 342 g/mol. The topological polar surface area (TPSA) is 53.1 Å². The highest BCUT2D eigenvalue weighted by Gasteiger charge is 2.27. The molecule has 0 radical (unpaired) electrons. The monoisotopic (exact) mass is 379 g/mol. The Bertz CT molecular complexity index is 716. The molecule has 0 saturated heterocycles. The van der Waals surface area contributed by atoms with Gasteiger partial charge in [-0.2, -0.15) is 0 Å². The summed E-state index contributed by atoms with van der Waals surface area (Å²) >= 11 is 0. The maximum atomic E-state index is 8.58. The third-order valence-electron chi connectivity index (χ3n) is 5.37. The molecular formula is C25H37N3. The van der Waals surface area contributed by atoms with E-state index in [0.717, 1.165) is 11.4 Å². The van der Waals surface area contributed by atoms with Crippen LogP contribution in [-0.4, -0.2) is 5.96 Å². The summed E-state index contributed by atoms with van der Waals surface area (Å²) in [7, 11) is 0. The number of benzene rings is 2. The molecule has 0 amide bonds. The Kier molecular flexibility index (Phi) is 6.92. The van der Waals surface area contributed by atoms with Crippen LogP contribution >= 0.6 is 0 Å². The summed E-state index contributed by atoms with van der Waals surface area (Å²) in [5.74, 6) is 1.42. The maximum Gasteiger partial charge on any atom is 0.197 e. The van der Waals surface area contributed by atoms with E-state index < -0.39 is 0 Å². The van der Waals surface area contributed by atoms with Crippen molar-refractivity contribution in [2.24, 2.45) is 5.73 Å². The fourth-order valence-electron chi connectivity index (χ4n) is 3.89. The zero-order valence-electron chi connectivity index (χ0n) is 18.8. The molecule has 0 fully saturated rings. The predicted octanol–water partition coefficient (Wildman–Crippen LogP) is 7.21. The fourth-order valence-corrected chi connectivity index (χ4v) is 3.89. The van der Waals surface area contributed by atoms with Crippen molar-refractivity contribution in [2.75, 3.05) is 4.90 Å². The average molecular weight is 380 g/mol. The first kappa shape index (κ1) is 22.0. The highest BCUT2D eigenvalue weighted by atomic mass is 15.2. The number of rotatable bonds is 6. The fraction of sp³-hybridized carbons (Fsp3) is 0.480. The van der Waals surface area contributed by atoms with E-state index >= 15 is 0 Å². The second kappa shape index (κ2) is 8.81. The van der Waals surface area contributed by atoms with Gasteiger partial charge < -0.3 is 5.73 Å². The molecule has 0 bridgehead atoms. The van der Waals surface area contributed by atoms with Gasteiger partial charge in [-0.1, -0.05) is 91.8 Å².